The van der Waals surface area contributed by atoms with Gasteiger partial charge in [0.15, 0.2) is 0 Å². The number of rotatable bonds is 2. The lowest BCUT2D eigenvalue weighted by atomic mass is 10.3. The molecule has 0 spiro atoms. The molecule has 0 aliphatic carbocycles. The molecular weight excluding hydrogens is 170 g/mol. The Kier molecular flexibility index (Phi) is 1.96. The van der Waals surface area contributed by atoms with Gasteiger partial charge in [0.1, 0.15) is 0 Å². The first-order valence-corrected chi connectivity index (χ1v) is 4.35. The summed E-state index contributed by atoms with van der Waals surface area (Å²) in [5.74, 6) is -0.936. The summed E-state index contributed by atoms with van der Waals surface area (Å²) >= 11 is 0. The Morgan fingerprint density at radius 1 is 1.46 bits per heavy atom. The molecule has 1 aliphatic rings. The van der Waals surface area contributed by atoms with Gasteiger partial charge in [0.05, 0.1) is 12.0 Å². The molecule has 1 fully saturated rings. The molecule has 0 saturated carbocycles. The molecule has 1 aliphatic heterocycles. The topological polar surface area (TPSA) is 53.7 Å². The van der Waals surface area contributed by atoms with Crippen LogP contribution < -0.4 is 4.90 Å². The van der Waals surface area contributed by atoms with Gasteiger partial charge in [-0.05, 0) is 12.8 Å². The number of anilines is 1. The zero-order valence-corrected chi connectivity index (χ0v) is 7.19. The third kappa shape index (κ3) is 1.39. The second-order valence-electron chi connectivity index (χ2n) is 3.13. The second-order valence-corrected chi connectivity index (χ2v) is 3.13. The fraction of sp³-hybridized carbons (Fsp3) is 0.444. The maximum Gasteiger partial charge on any atom is 0.374 e. The van der Waals surface area contributed by atoms with Crippen LogP contribution in [-0.4, -0.2) is 24.2 Å². The number of hydrogen-bond acceptors (Lipinski definition) is 3. The Bertz CT molecular complexity index is 312. The van der Waals surface area contributed by atoms with Crippen molar-refractivity contribution < 1.29 is 14.3 Å². The normalized spacial score (nSPS) is 16.5. The fourth-order valence-electron chi connectivity index (χ4n) is 1.67. The minimum atomic E-state index is -0.994. The summed E-state index contributed by atoms with van der Waals surface area (Å²) in [5.41, 5.74) is 0.713. The molecule has 1 aromatic heterocycles. The summed E-state index contributed by atoms with van der Waals surface area (Å²) in [6.45, 7) is 1.86. The Labute approximate surface area is 75.8 Å². The van der Waals surface area contributed by atoms with Gasteiger partial charge in [0.2, 0.25) is 5.76 Å². The van der Waals surface area contributed by atoms with Gasteiger partial charge in [0, 0.05) is 19.2 Å². The SMILES string of the molecule is O=C(O)c1occc1N1CCCC1. The Balaban J connectivity index is 2.28. The maximum atomic E-state index is 10.7. The second kappa shape index (κ2) is 3.12. The van der Waals surface area contributed by atoms with Crippen LogP contribution in [0, 0.1) is 0 Å². The zero-order valence-electron chi connectivity index (χ0n) is 7.19. The predicted octanol–water partition coefficient (Wildman–Crippen LogP) is 1.58. The van der Waals surface area contributed by atoms with Crippen LogP contribution in [-0.2, 0) is 0 Å². The highest BCUT2D eigenvalue weighted by molar-refractivity contribution is 5.91. The van der Waals surface area contributed by atoms with Gasteiger partial charge in [0.25, 0.3) is 0 Å². The van der Waals surface area contributed by atoms with Crippen molar-refractivity contribution in [1.82, 2.24) is 0 Å². The van der Waals surface area contributed by atoms with Gasteiger partial charge in [-0.1, -0.05) is 0 Å². The predicted molar refractivity (Wildman–Crippen MR) is 47.1 cm³/mol. The lowest BCUT2D eigenvalue weighted by molar-refractivity contribution is 0.0663. The van der Waals surface area contributed by atoms with E-state index in [-0.39, 0.29) is 5.76 Å². The van der Waals surface area contributed by atoms with Crippen molar-refractivity contribution in [3.05, 3.63) is 18.1 Å². The highest BCUT2D eigenvalue weighted by Gasteiger charge is 2.21. The highest BCUT2D eigenvalue weighted by atomic mass is 16.4. The summed E-state index contributed by atoms with van der Waals surface area (Å²) in [4.78, 5) is 12.8. The molecule has 0 unspecified atom stereocenters. The number of carboxylic acids is 1. The van der Waals surface area contributed by atoms with Crippen molar-refractivity contribution in [1.29, 1.82) is 0 Å². The van der Waals surface area contributed by atoms with E-state index in [9.17, 15) is 4.79 Å². The van der Waals surface area contributed by atoms with Crippen molar-refractivity contribution in [2.75, 3.05) is 18.0 Å². The molecule has 1 saturated heterocycles. The molecule has 2 heterocycles. The molecule has 0 bridgehead atoms. The summed E-state index contributed by atoms with van der Waals surface area (Å²) in [6, 6.07) is 1.72. The standard InChI is InChI=1S/C9H11NO3/c11-9(12)8-7(3-6-13-8)10-4-1-2-5-10/h3,6H,1-2,4-5H2,(H,11,12). The van der Waals surface area contributed by atoms with Crippen molar-refractivity contribution >= 4 is 11.7 Å². The van der Waals surface area contributed by atoms with Gasteiger partial charge in [-0.25, -0.2) is 4.79 Å². The molecular formula is C9H11NO3. The van der Waals surface area contributed by atoms with E-state index in [1.807, 2.05) is 4.90 Å². The van der Waals surface area contributed by atoms with Crippen LogP contribution in [0.15, 0.2) is 16.7 Å². The van der Waals surface area contributed by atoms with Crippen molar-refractivity contribution in [3.8, 4) is 0 Å². The van der Waals surface area contributed by atoms with E-state index in [1.165, 1.54) is 6.26 Å². The first kappa shape index (κ1) is 8.16. The van der Waals surface area contributed by atoms with Crippen molar-refractivity contribution in [2.45, 2.75) is 12.8 Å². The van der Waals surface area contributed by atoms with Gasteiger partial charge in [-0.15, -0.1) is 0 Å². The number of aromatic carboxylic acids is 1. The molecule has 1 N–H and O–H groups in total. The Morgan fingerprint density at radius 3 is 2.77 bits per heavy atom. The molecule has 4 nitrogen and oxygen atoms in total. The van der Waals surface area contributed by atoms with Crippen LogP contribution in [0.5, 0.6) is 0 Å². The summed E-state index contributed by atoms with van der Waals surface area (Å²) in [7, 11) is 0. The number of carboxylic acid groups (broad SMARTS) is 1. The largest absolute Gasteiger partial charge is 0.475 e. The third-order valence-electron chi connectivity index (χ3n) is 2.29. The van der Waals surface area contributed by atoms with Crippen LogP contribution in [0.25, 0.3) is 0 Å². The summed E-state index contributed by atoms with van der Waals surface area (Å²) < 4.78 is 4.90. The van der Waals surface area contributed by atoms with Gasteiger partial charge < -0.3 is 14.4 Å². The Morgan fingerprint density at radius 2 is 2.15 bits per heavy atom. The lowest BCUT2D eigenvalue weighted by Crippen LogP contribution is -2.19. The van der Waals surface area contributed by atoms with E-state index < -0.39 is 5.97 Å². The van der Waals surface area contributed by atoms with E-state index >= 15 is 0 Å². The smallest absolute Gasteiger partial charge is 0.374 e. The summed E-state index contributed by atoms with van der Waals surface area (Å²) in [6.07, 6.45) is 3.69. The van der Waals surface area contributed by atoms with Gasteiger partial charge in [-0.2, -0.15) is 0 Å². The van der Waals surface area contributed by atoms with Crippen molar-refractivity contribution in [2.24, 2.45) is 0 Å². The fourth-order valence-corrected chi connectivity index (χ4v) is 1.67. The molecule has 1 aromatic rings. The van der Waals surface area contributed by atoms with E-state index in [2.05, 4.69) is 0 Å². The quantitative estimate of drug-likeness (QED) is 0.752. The highest BCUT2D eigenvalue weighted by Crippen LogP contribution is 2.25. The average molecular weight is 181 g/mol. The number of carbonyl (C=O) groups is 1. The van der Waals surface area contributed by atoms with Crippen LogP contribution in [0.3, 0.4) is 0 Å². The number of nitrogens with zero attached hydrogens (tertiary/aromatic N) is 1. The average Bonchev–Trinajstić information content (AvgIpc) is 2.74. The number of hydrogen-bond donors (Lipinski definition) is 1. The van der Waals surface area contributed by atoms with Crippen LogP contribution in [0.4, 0.5) is 5.69 Å². The van der Waals surface area contributed by atoms with Crippen molar-refractivity contribution in [3.63, 3.8) is 0 Å². The van der Waals surface area contributed by atoms with Crippen LogP contribution in [0.1, 0.15) is 23.4 Å². The molecule has 0 amide bonds. The summed E-state index contributed by atoms with van der Waals surface area (Å²) in [5, 5.41) is 8.79. The molecule has 0 atom stereocenters. The van der Waals surface area contributed by atoms with E-state index in [1.54, 1.807) is 6.07 Å². The number of furan rings is 1. The Hall–Kier alpha value is -1.45. The maximum absolute atomic E-state index is 10.7. The molecule has 70 valence electrons. The van der Waals surface area contributed by atoms with E-state index in [4.69, 9.17) is 9.52 Å². The first-order valence-electron chi connectivity index (χ1n) is 4.35. The molecule has 13 heavy (non-hydrogen) atoms. The van der Waals surface area contributed by atoms with Gasteiger partial charge in [-0.3, -0.25) is 0 Å². The van der Waals surface area contributed by atoms with E-state index in [0.29, 0.717) is 5.69 Å². The van der Waals surface area contributed by atoms with Gasteiger partial charge >= 0.3 is 5.97 Å². The molecule has 2 rings (SSSR count). The molecule has 0 radical (unpaired) electrons. The lowest BCUT2D eigenvalue weighted by Gasteiger charge is -2.15. The molecule has 4 heteroatoms. The first-order chi connectivity index (χ1) is 6.29. The van der Waals surface area contributed by atoms with Crippen LogP contribution >= 0.6 is 0 Å². The minimum Gasteiger partial charge on any atom is -0.475 e. The third-order valence-corrected chi connectivity index (χ3v) is 2.29. The monoisotopic (exact) mass is 181 g/mol. The minimum absolute atomic E-state index is 0.0573. The van der Waals surface area contributed by atoms with E-state index in [0.717, 1.165) is 25.9 Å². The molecule has 0 aromatic carbocycles. The van der Waals surface area contributed by atoms with Crippen LogP contribution in [0.2, 0.25) is 0 Å². The zero-order chi connectivity index (χ0) is 9.26.